The van der Waals surface area contributed by atoms with Crippen molar-refractivity contribution >= 4 is 17.6 Å². The molecular weight excluding hydrogens is 372 g/mol. The van der Waals surface area contributed by atoms with Crippen LogP contribution in [-0.2, 0) is 4.74 Å². The molecule has 29 heavy (non-hydrogen) atoms. The van der Waals surface area contributed by atoms with Gasteiger partial charge in [-0.2, -0.15) is 0 Å². The Hall–Kier alpha value is -2.32. The Kier molecular flexibility index (Phi) is 8.28. The van der Waals surface area contributed by atoms with Crippen LogP contribution in [0.25, 0.3) is 0 Å². The van der Waals surface area contributed by atoms with E-state index in [1.54, 1.807) is 37.3 Å². The fourth-order valence-electron chi connectivity index (χ4n) is 3.17. The summed E-state index contributed by atoms with van der Waals surface area (Å²) in [6.45, 7) is 9.56. The van der Waals surface area contributed by atoms with E-state index in [0.29, 0.717) is 30.2 Å². The minimum absolute atomic E-state index is 0.0114. The summed E-state index contributed by atoms with van der Waals surface area (Å²) in [5, 5.41) is 8.99. The molecule has 0 aliphatic carbocycles. The van der Waals surface area contributed by atoms with Crippen LogP contribution in [0, 0.1) is 5.92 Å². The van der Waals surface area contributed by atoms with E-state index in [2.05, 4.69) is 22.9 Å². The maximum atomic E-state index is 13.2. The molecule has 3 amide bonds. The van der Waals surface area contributed by atoms with Crippen molar-refractivity contribution < 1.29 is 19.1 Å². The van der Waals surface area contributed by atoms with E-state index in [1.165, 1.54) is 0 Å². The average Bonchev–Trinajstić information content (AvgIpc) is 2.66. The molecule has 0 fully saturated rings. The standard InChI is InChI=1S/C21H34N4O4/c1-13(2)23-21(27)24-16-7-8-18-17(9-16)20(26)25(5)11-19(28-6)14(3)10-22-15(4)12-29-18/h7-9,13-15,19,22H,10-12H2,1-6H3,(H2,23,24,27)/t14-,15-,19+/m1/s1. The minimum atomic E-state index is -0.319. The maximum Gasteiger partial charge on any atom is 0.319 e. The van der Waals surface area contributed by atoms with Gasteiger partial charge in [0, 0.05) is 45.0 Å². The second-order valence-corrected chi connectivity index (χ2v) is 8.02. The predicted molar refractivity (Wildman–Crippen MR) is 114 cm³/mol. The first kappa shape index (κ1) is 23.0. The van der Waals surface area contributed by atoms with E-state index in [4.69, 9.17) is 9.47 Å². The number of likely N-dealkylation sites (N-methyl/N-ethyl adjacent to an activating group) is 1. The van der Waals surface area contributed by atoms with Crippen LogP contribution in [0.3, 0.4) is 0 Å². The molecule has 1 aromatic carbocycles. The number of carbonyl (C=O) groups is 2. The lowest BCUT2D eigenvalue weighted by Gasteiger charge is -2.30. The number of nitrogens with one attached hydrogen (secondary N) is 3. The second-order valence-electron chi connectivity index (χ2n) is 8.02. The van der Waals surface area contributed by atoms with Gasteiger partial charge in [-0.3, -0.25) is 4.79 Å². The monoisotopic (exact) mass is 406 g/mol. The van der Waals surface area contributed by atoms with E-state index in [-0.39, 0.29) is 36.0 Å². The van der Waals surface area contributed by atoms with Crippen LogP contribution >= 0.6 is 0 Å². The topological polar surface area (TPSA) is 91.9 Å². The first-order valence-electron chi connectivity index (χ1n) is 10.1. The SMILES string of the molecule is CO[C@H]1CN(C)C(=O)c2cc(NC(=O)NC(C)C)ccc2OC[C@@H](C)NC[C@H]1C. The Labute approximate surface area is 173 Å². The Morgan fingerprint density at radius 3 is 2.72 bits per heavy atom. The first-order chi connectivity index (χ1) is 13.7. The first-order valence-corrected chi connectivity index (χ1v) is 10.1. The molecular formula is C21H34N4O4. The Morgan fingerprint density at radius 2 is 2.07 bits per heavy atom. The molecule has 0 aromatic heterocycles. The zero-order valence-electron chi connectivity index (χ0n) is 18.2. The number of amides is 3. The van der Waals surface area contributed by atoms with Gasteiger partial charge in [0.1, 0.15) is 12.4 Å². The van der Waals surface area contributed by atoms with Gasteiger partial charge in [-0.05, 0) is 44.9 Å². The molecule has 1 aliphatic rings. The van der Waals surface area contributed by atoms with E-state index < -0.39 is 0 Å². The van der Waals surface area contributed by atoms with E-state index in [1.807, 2.05) is 20.8 Å². The van der Waals surface area contributed by atoms with Crippen molar-refractivity contribution in [2.24, 2.45) is 5.92 Å². The van der Waals surface area contributed by atoms with E-state index >= 15 is 0 Å². The summed E-state index contributed by atoms with van der Waals surface area (Å²) < 4.78 is 11.6. The second kappa shape index (κ2) is 10.5. The van der Waals surface area contributed by atoms with Gasteiger partial charge in [-0.25, -0.2) is 4.79 Å². The maximum absolute atomic E-state index is 13.2. The van der Waals surface area contributed by atoms with Crippen molar-refractivity contribution in [1.29, 1.82) is 0 Å². The predicted octanol–water partition coefficient (Wildman–Crippen LogP) is 2.31. The lowest BCUT2D eigenvalue weighted by Crippen LogP contribution is -2.44. The summed E-state index contributed by atoms with van der Waals surface area (Å²) in [4.78, 5) is 26.8. The zero-order chi connectivity index (χ0) is 21.6. The van der Waals surface area contributed by atoms with Gasteiger partial charge in [-0.1, -0.05) is 6.92 Å². The molecule has 3 atom stereocenters. The molecule has 8 heteroatoms. The third-order valence-electron chi connectivity index (χ3n) is 4.90. The number of ether oxygens (including phenoxy) is 2. The molecule has 162 valence electrons. The third kappa shape index (κ3) is 6.61. The molecule has 0 saturated carbocycles. The molecule has 0 radical (unpaired) electrons. The highest BCUT2D eigenvalue weighted by molar-refractivity contribution is 5.99. The number of fused-ring (bicyclic) bond motifs is 1. The van der Waals surface area contributed by atoms with Crippen LogP contribution in [0.15, 0.2) is 18.2 Å². The van der Waals surface area contributed by atoms with Crippen molar-refractivity contribution in [3.8, 4) is 5.75 Å². The van der Waals surface area contributed by atoms with Crippen LogP contribution in [0.4, 0.5) is 10.5 Å². The summed E-state index contributed by atoms with van der Waals surface area (Å²) in [5.74, 6) is 0.542. The minimum Gasteiger partial charge on any atom is -0.491 e. The number of rotatable bonds is 3. The van der Waals surface area contributed by atoms with Crippen LogP contribution in [0.5, 0.6) is 5.75 Å². The summed E-state index contributed by atoms with van der Waals surface area (Å²) >= 11 is 0. The van der Waals surface area contributed by atoms with Crippen molar-refractivity contribution in [2.75, 3.05) is 39.2 Å². The molecule has 0 bridgehead atoms. The average molecular weight is 407 g/mol. The Morgan fingerprint density at radius 1 is 1.34 bits per heavy atom. The Balaban J connectivity index is 2.31. The van der Waals surface area contributed by atoms with Crippen LogP contribution in [0.1, 0.15) is 38.1 Å². The van der Waals surface area contributed by atoms with Crippen molar-refractivity contribution in [2.45, 2.75) is 45.9 Å². The smallest absolute Gasteiger partial charge is 0.319 e. The quantitative estimate of drug-likeness (QED) is 0.716. The normalized spacial score (nSPS) is 23.5. The fraction of sp³-hybridized carbons (Fsp3) is 0.619. The van der Waals surface area contributed by atoms with Crippen LogP contribution < -0.4 is 20.7 Å². The van der Waals surface area contributed by atoms with Gasteiger partial charge in [0.25, 0.3) is 5.91 Å². The molecule has 8 nitrogen and oxygen atoms in total. The van der Waals surface area contributed by atoms with Crippen molar-refractivity contribution in [1.82, 2.24) is 15.5 Å². The van der Waals surface area contributed by atoms with Crippen molar-refractivity contribution in [3.05, 3.63) is 23.8 Å². The number of hydrogen-bond donors (Lipinski definition) is 3. The molecule has 2 rings (SSSR count). The largest absolute Gasteiger partial charge is 0.491 e. The number of urea groups is 1. The molecule has 0 unspecified atom stereocenters. The summed E-state index contributed by atoms with van der Waals surface area (Å²) in [7, 11) is 3.42. The molecule has 3 N–H and O–H groups in total. The number of benzene rings is 1. The van der Waals surface area contributed by atoms with E-state index in [9.17, 15) is 9.59 Å². The highest BCUT2D eigenvalue weighted by Gasteiger charge is 2.25. The van der Waals surface area contributed by atoms with Gasteiger partial charge in [0.2, 0.25) is 0 Å². The fourth-order valence-corrected chi connectivity index (χ4v) is 3.17. The lowest BCUT2D eigenvalue weighted by atomic mass is 10.0. The van der Waals surface area contributed by atoms with Gasteiger partial charge in [0.05, 0.1) is 11.7 Å². The number of hydrogen-bond acceptors (Lipinski definition) is 5. The van der Waals surface area contributed by atoms with Crippen molar-refractivity contribution in [3.63, 3.8) is 0 Å². The lowest BCUT2D eigenvalue weighted by molar-refractivity contribution is 0.0281. The molecule has 0 spiro atoms. The van der Waals surface area contributed by atoms with Gasteiger partial charge < -0.3 is 30.3 Å². The molecule has 1 aromatic rings. The summed E-state index contributed by atoms with van der Waals surface area (Å²) in [6.07, 6.45) is -0.0921. The molecule has 1 aliphatic heterocycles. The highest BCUT2D eigenvalue weighted by Crippen LogP contribution is 2.25. The van der Waals surface area contributed by atoms with Crippen LogP contribution in [0.2, 0.25) is 0 Å². The summed E-state index contributed by atoms with van der Waals surface area (Å²) in [5.41, 5.74) is 0.937. The van der Waals surface area contributed by atoms with Gasteiger partial charge >= 0.3 is 6.03 Å². The number of anilines is 1. The third-order valence-corrected chi connectivity index (χ3v) is 4.90. The molecule has 0 saturated heterocycles. The highest BCUT2D eigenvalue weighted by atomic mass is 16.5. The van der Waals surface area contributed by atoms with Gasteiger partial charge in [-0.15, -0.1) is 0 Å². The summed E-state index contributed by atoms with van der Waals surface area (Å²) in [6, 6.07) is 4.92. The van der Waals surface area contributed by atoms with Crippen LogP contribution in [-0.4, -0.2) is 68.9 Å². The Bertz CT molecular complexity index is 710. The number of methoxy groups -OCH3 is 1. The zero-order valence-corrected chi connectivity index (χ0v) is 18.2. The number of nitrogens with zero attached hydrogens (tertiary/aromatic N) is 1. The number of carbonyl (C=O) groups excluding carboxylic acids is 2. The molecule has 1 heterocycles. The van der Waals surface area contributed by atoms with Gasteiger partial charge in [0.15, 0.2) is 0 Å². The van der Waals surface area contributed by atoms with E-state index in [0.717, 1.165) is 6.54 Å².